The minimum Gasteiger partial charge on any atom is -0.465 e. The molecule has 36 heavy (non-hydrogen) atoms. The molecule has 2 fully saturated rings. The summed E-state index contributed by atoms with van der Waals surface area (Å²) in [4.78, 5) is 42.0. The first-order chi connectivity index (χ1) is 17.2. The van der Waals surface area contributed by atoms with E-state index in [1.165, 1.54) is 13.3 Å². The number of esters is 1. The summed E-state index contributed by atoms with van der Waals surface area (Å²) in [6.45, 7) is 4.57. The molecule has 2 aliphatic rings. The van der Waals surface area contributed by atoms with Gasteiger partial charge < -0.3 is 9.64 Å². The molecule has 0 aromatic heterocycles. The van der Waals surface area contributed by atoms with E-state index >= 15 is 0 Å². The molecule has 1 heterocycles. The van der Waals surface area contributed by atoms with Crippen LogP contribution in [0.3, 0.4) is 0 Å². The highest BCUT2D eigenvalue weighted by molar-refractivity contribution is 6.30. The Morgan fingerprint density at radius 1 is 1.08 bits per heavy atom. The van der Waals surface area contributed by atoms with E-state index in [-0.39, 0.29) is 42.5 Å². The van der Waals surface area contributed by atoms with Crippen molar-refractivity contribution in [3.63, 3.8) is 0 Å². The molecule has 1 saturated carbocycles. The maximum absolute atomic E-state index is 13.5. The number of likely N-dealkylation sites (N-methyl/N-ethyl adjacent to an activating group) is 1. The Labute approximate surface area is 220 Å². The third-order valence-corrected chi connectivity index (χ3v) is 7.53. The molecule has 1 N–H and O–H groups in total. The van der Waals surface area contributed by atoms with Crippen molar-refractivity contribution in [3.05, 3.63) is 34.9 Å². The van der Waals surface area contributed by atoms with Gasteiger partial charge in [-0.25, -0.2) is 5.01 Å². The Hall–Kier alpha value is -2.16. The van der Waals surface area contributed by atoms with Crippen LogP contribution in [-0.4, -0.2) is 84.5 Å². The van der Waals surface area contributed by atoms with Crippen LogP contribution >= 0.6 is 11.6 Å². The number of ether oxygens (including phenoxy) is 1. The quantitative estimate of drug-likeness (QED) is 0.477. The zero-order valence-corrected chi connectivity index (χ0v) is 22.8. The van der Waals surface area contributed by atoms with Gasteiger partial charge in [0.2, 0.25) is 5.91 Å². The molecule has 2 amide bonds. The topological polar surface area (TPSA) is 82.2 Å². The molecular weight excluding hydrogens is 480 g/mol. The number of nitrogens with one attached hydrogen (secondary N) is 1. The van der Waals surface area contributed by atoms with Gasteiger partial charge in [-0.05, 0) is 57.5 Å². The highest BCUT2D eigenvalue weighted by Crippen LogP contribution is 2.29. The van der Waals surface area contributed by atoms with Crippen molar-refractivity contribution in [1.29, 1.82) is 0 Å². The highest BCUT2D eigenvalue weighted by atomic mass is 35.5. The second-order valence-corrected chi connectivity index (χ2v) is 10.9. The predicted molar refractivity (Wildman–Crippen MR) is 140 cm³/mol. The van der Waals surface area contributed by atoms with E-state index in [2.05, 4.69) is 10.3 Å². The van der Waals surface area contributed by atoms with E-state index in [1.54, 1.807) is 0 Å². The standard InChI is InChI=1S/C27H41ClN4O4/c1-19(18-36-20(2)33)27(35)32(23-8-6-5-7-9-23)24-14-15-31(17-24)29-26(34)25(30(3)4)16-21-10-12-22(28)13-11-21/h10-13,19,23-25H,5-9,14-18H2,1-4H3,(H,29,34)/t19-,24+,25-/m1/s1. The maximum atomic E-state index is 13.5. The number of amides is 2. The molecule has 1 aromatic rings. The molecule has 1 aromatic carbocycles. The van der Waals surface area contributed by atoms with Crippen LogP contribution in [0.2, 0.25) is 5.02 Å². The van der Waals surface area contributed by atoms with Crippen molar-refractivity contribution in [2.45, 2.75) is 76.9 Å². The van der Waals surface area contributed by atoms with E-state index in [0.717, 1.165) is 37.7 Å². The van der Waals surface area contributed by atoms with Gasteiger partial charge in [0.25, 0.3) is 5.91 Å². The molecule has 0 radical (unpaired) electrons. The summed E-state index contributed by atoms with van der Waals surface area (Å²) in [5.41, 5.74) is 4.15. The SMILES string of the molecule is CC(=O)OC[C@@H](C)C(=O)N(C1CCCCC1)[C@H]1CCN(NC(=O)[C@@H](Cc2ccc(Cl)cc2)N(C)C)C1. The number of rotatable bonds is 10. The van der Waals surface area contributed by atoms with Crippen LogP contribution in [0.15, 0.2) is 24.3 Å². The number of carbonyl (C=O) groups is 3. The maximum Gasteiger partial charge on any atom is 0.302 e. The fraction of sp³-hybridized carbons (Fsp3) is 0.667. The number of hydrogen-bond donors (Lipinski definition) is 1. The molecule has 8 nitrogen and oxygen atoms in total. The average molecular weight is 521 g/mol. The summed E-state index contributed by atoms with van der Waals surface area (Å²) < 4.78 is 5.14. The molecule has 3 rings (SSSR count). The molecule has 200 valence electrons. The van der Waals surface area contributed by atoms with Crippen molar-refractivity contribution < 1.29 is 19.1 Å². The van der Waals surface area contributed by atoms with Gasteiger partial charge in [-0.1, -0.05) is 49.9 Å². The second-order valence-electron chi connectivity index (χ2n) is 10.4. The zero-order chi connectivity index (χ0) is 26.2. The number of hydrogen-bond acceptors (Lipinski definition) is 6. The second kappa shape index (κ2) is 13.4. The number of carbonyl (C=O) groups excluding carboxylic acids is 3. The van der Waals surface area contributed by atoms with Crippen LogP contribution in [0.5, 0.6) is 0 Å². The van der Waals surface area contributed by atoms with Crippen molar-refractivity contribution in [2.75, 3.05) is 33.8 Å². The lowest BCUT2D eigenvalue weighted by Gasteiger charge is -2.40. The van der Waals surface area contributed by atoms with Gasteiger partial charge in [0.1, 0.15) is 6.61 Å². The van der Waals surface area contributed by atoms with Crippen LogP contribution in [0, 0.1) is 5.92 Å². The molecule has 0 unspecified atom stereocenters. The lowest BCUT2D eigenvalue weighted by Crippen LogP contribution is -2.54. The third kappa shape index (κ3) is 7.92. The van der Waals surface area contributed by atoms with Gasteiger partial charge in [0.05, 0.1) is 12.0 Å². The molecule has 1 aliphatic carbocycles. The minimum atomic E-state index is -0.392. The monoisotopic (exact) mass is 520 g/mol. The fourth-order valence-corrected chi connectivity index (χ4v) is 5.37. The summed E-state index contributed by atoms with van der Waals surface area (Å²) in [6.07, 6.45) is 6.82. The van der Waals surface area contributed by atoms with Gasteiger partial charge in [0.15, 0.2) is 0 Å². The summed E-state index contributed by atoms with van der Waals surface area (Å²) in [7, 11) is 3.81. The Bertz CT molecular complexity index is 888. The van der Waals surface area contributed by atoms with E-state index in [4.69, 9.17) is 16.3 Å². The molecular formula is C27H41ClN4O4. The molecule has 1 aliphatic heterocycles. The molecule has 0 spiro atoms. The van der Waals surface area contributed by atoms with Gasteiger partial charge in [-0.3, -0.25) is 24.7 Å². The van der Waals surface area contributed by atoms with Crippen LogP contribution in [0.25, 0.3) is 0 Å². The minimum absolute atomic E-state index is 0.0229. The lowest BCUT2D eigenvalue weighted by molar-refractivity contribution is -0.148. The Morgan fingerprint density at radius 2 is 1.75 bits per heavy atom. The van der Waals surface area contributed by atoms with Gasteiger partial charge in [-0.15, -0.1) is 0 Å². The van der Waals surface area contributed by atoms with Crippen LogP contribution in [0.4, 0.5) is 0 Å². The van der Waals surface area contributed by atoms with E-state index < -0.39 is 5.92 Å². The third-order valence-electron chi connectivity index (χ3n) is 7.27. The van der Waals surface area contributed by atoms with E-state index in [0.29, 0.717) is 24.5 Å². The van der Waals surface area contributed by atoms with Crippen LogP contribution in [-0.2, 0) is 25.5 Å². The summed E-state index contributed by atoms with van der Waals surface area (Å²) in [5, 5.41) is 2.62. The number of hydrazine groups is 1. The fourth-order valence-electron chi connectivity index (χ4n) is 5.24. The predicted octanol–water partition coefficient (Wildman–Crippen LogP) is 3.28. The smallest absolute Gasteiger partial charge is 0.302 e. The first-order valence-corrected chi connectivity index (χ1v) is 13.4. The van der Waals surface area contributed by atoms with Crippen LogP contribution in [0.1, 0.15) is 57.9 Å². The molecule has 1 saturated heterocycles. The van der Waals surface area contributed by atoms with E-state index in [9.17, 15) is 14.4 Å². The molecule has 0 bridgehead atoms. The van der Waals surface area contributed by atoms with E-state index in [1.807, 2.05) is 55.2 Å². The van der Waals surface area contributed by atoms with Gasteiger partial charge in [-0.2, -0.15) is 0 Å². The largest absolute Gasteiger partial charge is 0.465 e. The Kier molecular flexibility index (Phi) is 10.6. The van der Waals surface area contributed by atoms with Gasteiger partial charge >= 0.3 is 5.97 Å². The summed E-state index contributed by atoms with van der Waals surface area (Å²) >= 11 is 6.01. The first kappa shape index (κ1) is 28.4. The Morgan fingerprint density at radius 3 is 2.36 bits per heavy atom. The highest BCUT2D eigenvalue weighted by Gasteiger charge is 2.38. The zero-order valence-electron chi connectivity index (χ0n) is 22.0. The van der Waals surface area contributed by atoms with Crippen molar-refractivity contribution in [3.8, 4) is 0 Å². The van der Waals surface area contributed by atoms with Crippen LogP contribution < -0.4 is 5.43 Å². The Balaban J connectivity index is 1.64. The average Bonchev–Trinajstić information content (AvgIpc) is 3.30. The first-order valence-electron chi connectivity index (χ1n) is 13.1. The van der Waals surface area contributed by atoms with Gasteiger partial charge in [0, 0.05) is 37.1 Å². The summed E-state index contributed by atoms with van der Waals surface area (Å²) in [6, 6.07) is 7.47. The molecule has 9 heteroatoms. The lowest BCUT2D eigenvalue weighted by atomic mass is 9.92. The number of benzene rings is 1. The summed E-state index contributed by atoms with van der Waals surface area (Å²) in [5.74, 6) is -0.788. The van der Waals surface area contributed by atoms with Crippen molar-refractivity contribution in [1.82, 2.24) is 20.2 Å². The number of nitrogens with zero attached hydrogens (tertiary/aromatic N) is 3. The normalized spacial score (nSPS) is 20.7. The van der Waals surface area contributed by atoms with Crippen molar-refractivity contribution >= 4 is 29.4 Å². The van der Waals surface area contributed by atoms with Crippen molar-refractivity contribution in [2.24, 2.45) is 5.92 Å². The number of halogens is 1. The molecule has 3 atom stereocenters.